The SMILES string of the molecule is Cc1ccc(S(=O)(=O)Nc2c(Cl)cc(Br)cc2C(F)(F)F)cc1. The second-order valence-corrected chi connectivity index (χ2v) is 7.73. The fourth-order valence-corrected chi connectivity index (χ4v) is 3.82. The number of rotatable bonds is 3. The topological polar surface area (TPSA) is 46.2 Å². The second-order valence-electron chi connectivity index (χ2n) is 4.73. The molecule has 124 valence electrons. The van der Waals surface area contributed by atoms with Gasteiger partial charge in [-0.1, -0.05) is 45.2 Å². The van der Waals surface area contributed by atoms with Gasteiger partial charge in [0.1, 0.15) is 0 Å². The molecule has 0 aliphatic heterocycles. The molecule has 0 unspecified atom stereocenters. The second kappa shape index (κ2) is 6.33. The van der Waals surface area contributed by atoms with Crippen LogP contribution in [0.15, 0.2) is 45.8 Å². The third-order valence-electron chi connectivity index (χ3n) is 2.93. The Kier molecular flexibility index (Phi) is 4.98. The smallest absolute Gasteiger partial charge is 0.277 e. The van der Waals surface area contributed by atoms with Gasteiger partial charge in [0.25, 0.3) is 10.0 Å². The molecule has 1 N–H and O–H groups in total. The maximum atomic E-state index is 13.1. The summed E-state index contributed by atoms with van der Waals surface area (Å²) in [5.41, 5.74) is -1.06. The van der Waals surface area contributed by atoms with E-state index >= 15 is 0 Å². The Balaban J connectivity index is 2.53. The zero-order valence-corrected chi connectivity index (χ0v) is 14.7. The lowest BCUT2D eigenvalue weighted by Crippen LogP contribution is -2.17. The van der Waals surface area contributed by atoms with Crippen molar-refractivity contribution in [2.75, 3.05) is 4.72 Å². The maximum absolute atomic E-state index is 13.1. The van der Waals surface area contributed by atoms with Crippen molar-refractivity contribution in [3.8, 4) is 0 Å². The van der Waals surface area contributed by atoms with Crippen LogP contribution in [0.2, 0.25) is 5.02 Å². The third-order valence-corrected chi connectivity index (χ3v) is 5.05. The summed E-state index contributed by atoms with van der Waals surface area (Å²) in [6, 6.07) is 7.64. The first-order chi connectivity index (χ1) is 10.5. The number of halogens is 5. The normalized spacial score (nSPS) is 12.3. The van der Waals surface area contributed by atoms with Crippen molar-refractivity contribution in [1.82, 2.24) is 0 Å². The highest BCUT2D eigenvalue weighted by Crippen LogP contribution is 2.41. The minimum absolute atomic E-state index is 0.0908. The molecule has 2 aromatic carbocycles. The van der Waals surface area contributed by atoms with E-state index in [0.717, 1.165) is 11.6 Å². The first-order valence-electron chi connectivity index (χ1n) is 6.16. The van der Waals surface area contributed by atoms with Gasteiger partial charge >= 0.3 is 6.18 Å². The first-order valence-corrected chi connectivity index (χ1v) is 8.82. The van der Waals surface area contributed by atoms with Crippen LogP contribution in [-0.4, -0.2) is 8.42 Å². The molecule has 0 atom stereocenters. The van der Waals surface area contributed by atoms with Crippen LogP contribution in [0.1, 0.15) is 11.1 Å². The lowest BCUT2D eigenvalue weighted by Gasteiger charge is -2.17. The maximum Gasteiger partial charge on any atom is 0.418 e. The Labute approximate surface area is 144 Å². The Hall–Kier alpha value is -1.25. The minimum atomic E-state index is -4.77. The highest BCUT2D eigenvalue weighted by atomic mass is 79.9. The summed E-state index contributed by atoms with van der Waals surface area (Å²) in [6.45, 7) is 1.76. The van der Waals surface area contributed by atoms with Crippen LogP contribution in [-0.2, 0) is 16.2 Å². The number of aryl methyl sites for hydroxylation is 1. The van der Waals surface area contributed by atoms with E-state index in [-0.39, 0.29) is 14.4 Å². The van der Waals surface area contributed by atoms with E-state index in [0.29, 0.717) is 0 Å². The van der Waals surface area contributed by atoms with Gasteiger partial charge in [0, 0.05) is 4.47 Å². The fourth-order valence-electron chi connectivity index (χ4n) is 1.81. The molecule has 2 aromatic rings. The van der Waals surface area contributed by atoms with Gasteiger partial charge in [-0.3, -0.25) is 4.72 Å². The molecule has 0 radical (unpaired) electrons. The van der Waals surface area contributed by atoms with E-state index in [1.807, 2.05) is 4.72 Å². The summed E-state index contributed by atoms with van der Waals surface area (Å²) in [5, 5.41) is -0.359. The monoisotopic (exact) mass is 427 g/mol. The fraction of sp³-hybridized carbons (Fsp3) is 0.143. The number of hydrogen-bond acceptors (Lipinski definition) is 2. The van der Waals surface area contributed by atoms with E-state index in [4.69, 9.17) is 11.6 Å². The quantitative estimate of drug-likeness (QED) is 0.727. The summed E-state index contributed by atoms with van der Waals surface area (Å²) >= 11 is 8.71. The molecule has 0 spiro atoms. The predicted molar refractivity (Wildman–Crippen MR) is 86.1 cm³/mol. The number of benzene rings is 2. The van der Waals surface area contributed by atoms with Crippen molar-refractivity contribution in [3.63, 3.8) is 0 Å². The average molecular weight is 429 g/mol. The van der Waals surface area contributed by atoms with Crippen molar-refractivity contribution in [2.24, 2.45) is 0 Å². The number of nitrogens with one attached hydrogen (secondary N) is 1. The molecule has 0 aliphatic rings. The van der Waals surface area contributed by atoms with Crippen molar-refractivity contribution >= 4 is 43.2 Å². The molecule has 0 saturated heterocycles. The Morgan fingerprint density at radius 2 is 1.70 bits per heavy atom. The van der Waals surface area contributed by atoms with Gasteiger partial charge in [-0.25, -0.2) is 8.42 Å². The summed E-state index contributed by atoms with van der Waals surface area (Å²) in [7, 11) is -4.20. The molecule has 0 heterocycles. The summed E-state index contributed by atoms with van der Waals surface area (Å²) in [6.07, 6.45) is -4.77. The Morgan fingerprint density at radius 3 is 2.22 bits per heavy atom. The lowest BCUT2D eigenvalue weighted by atomic mass is 10.2. The van der Waals surface area contributed by atoms with Gasteiger partial charge in [0.05, 0.1) is 21.2 Å². The lowest BCUT2D eigenvalue weighted by molar-refractivity contribution is -0.136. The van der Waals surface area contributed by atoms with Crippen LogP contribution in [0, 0.1) is 6.92 Å². The predicted octanol–water partition coefficient (Wildman–Crippen LogP) is 5.23. The molecule has 0 saturated carbocycles. The van der Waals surface area contributed by atoms with Crippen molar-refractivity contribution in [1.29, 1.82) is 0 Å². The van der Waals surface area contributed by atoms with Crippen LogP contribution in [0.3, 0.4) is 0 Å². The molecule has 0 bridgehead atoms. The van der Waals surface area contributed by atoms with E-state index in [1.165, 1.54) is 18.2 Å². The molecule has 0 aromatic heterocycles. The molecule has 0 amide bonds. The van der Waals surface area contributed by atoms with Crippen LogP contribution in [0.25, 0.3) is 0 Å². The standard InChI is InChI=1S/C14H10BrClF3NO2S/c1-8-2-4-10(5-3-8)23(21,22)20-13-11(14(17,18)19)6-9(15)7-12(13)16/h2-7,20H,1H3. The van der Waals surface area contributed by atoms with Crippen LogP contribution >= 0.6 is 27.5 Å². The van der Waals surface area contributed by atoms with Crippen molar-refractivity contribution in [3.05, 3.63) is 57.0 Å². The van der Waals surface area contributed by atoms with Gasteiger partial charge in [-0.2, -0.15) is 13.2 Å². The number of alkyl halides is 3. The molecule has 9 heteroatoms. The van der Waals surface area contributed by atoms with Crippen molar-refractivity contribution < 1.29 is 21.6 Å². The van der Waals surface area contributed by atoms with Crippen LogP contribution in [0.5, 0.6) is 0 Å². The van der Waals surface area contributed by atoms with E-state index in [9.17, 15) is 21.6 Å². The summed E-state index contributed by atoms with van der Waals surface area (Å²) < 4.78 is 65.9. The highest BCUT2D eigenvalue weighted by Gasteiger charge is 2.36. The molecule has 3 nitrogen and oxygen atoms in total. The highest BCUT2D eigenvalue weighted by molar-refractivity contribution is 9.10. The molecular weight excluding hydrogens is 419 g/mol. The minimum Gasteiger partial charge on any atom is -0.277 e. The zero-order chi connectivity index (χ0) is 17.4. The largest absolute Gasteiger partial charge is 0.418 e. The summed E-state index contributed by atoms with van der Waals surface area (Å²) in [5.74, 6) is 0. The van der Waals surface area contributed by atoms with Gasteiger partial charge < -0.3 is 0 Å². The molecule has 2 rings (SSSR count). The summed E-state index contributed by atoms with van der Waals surface area (Å²) in [4.78, 5) is -0.157. The van der Waals surface area contributed by atoms with Crippen LogP contribution < -0.4 is 4.72 Å². The Morgan fingerprint density at radius 1 is 1.13 bits per heavy atom. The number of anilines is 1. The van der Waals surface area contributed by atoms with Gasteiger partial charge in [0.15, 0.2) is 0 Å². The zero-order valence-electron chi connectivity index (χ0n) is 11.6. The molecule has 0 fully saturated rings. The van der Waals surface area contributed by atoms with E-state index in [1.54, 1.807) is 19.1 Å². The molecule has 23 heavy (non-hydrogen) atoms. The molecule has 0 aliphatic carbocycles. The van der Waals surface area contributed by atoms with Crippen LogP contribution in [0.4, 0.5) is 18.9 Å². The number of sulfonamides is 1. The number of hydrogen-bond donors (Lipinski definition) is 1. The average Bonchev–Trinajstić information content (AvgIpc) is 2.41. The van der Waals surface area contributed by atoms with Gasteiger partial charge in [-0.15, -0.1) is 0 Å². The first kappa shape index (κ1) is 18.1. The van der Waals surface area contributed by atoms with E-state index in [2.05, 4.69) is 15.9 Å². The van der Waals surface area contributed by atoms with Gasteiger partial charge in [0.2, 0.25) is 0 Å². The third kappa shape index (κ3) is 4.19. The Bertz CT molecular complexity index is 836. The van der Waals surface area contributed by atoms with Gasteiger partial charge in [-0.05, 0) is 31.2 Å². The van der Waals surface area contributed by atoms with E-state index < -0.39 is 27.5 Å². The molecular formula is C14H10BrClF3NO2S. The van der Waals surface area contributed by atoms with Crippen molar-refractivity contribution in [2.45, 2.75) is 18.0 Å².